The molecule has 112 valence electrons. The van der Waals surface area contributed by atoms with Crippen molar-refractivity contribution in [2.45, 2.75) is 45.1 Å². The molecule has 20 heavy (non-hydrogen) atoms. The zero-order valence-corrected chi connectivity index (χ0v) is 14.4. The molecule has 0 unspecified atom stereocenters. The van der Waals surface area contributed by atoms with Gasteiger partial charge in [-0.1, -0.05) is 25.4 Å². The molecule has 1 aromatic heterocycles. The average molecular weight is 364 g/mol. The van der Waals surface area contributed by atoms with Crippen molar-refractivity contribution in [1.29, 1.82) is 0 Å². The molecule has 0 radical (unpaired) electrons. The van der Waals surface area contributed by atoms with Crippen molar-refractivity contribution in [2.24, 2.45) is 0 Å². The van der Waals surface area contributed by atoms with E-state index in [4.69, 9.17) is 26.1 Å². The highest BCUT2D eigenvalue weighted by molar-refractivity contribution is 9.10. The molecule has 0 atom stereocenters. The lowest BCUT2D eigenvalue weighted by molar-refractivity contribution is -0.118. The van der Waals surface area contributed by atoms with Crippen LogP contribution in [0, 0.1) is 0 Å². The maximum Gasteiger partial charge on any atom is 0.162 e. The molecule has 2 rings (SSSR count). The van der Waals surface area contributed by atoms with Crippen molar-refractivity contribution in [2.75, 3.05) is 19.8 Å². The number of rotatable bonds is 4. The summed E-state index contributed by atoms with van der Waals surface area (Å²) in [7, 11) is 0. The van der Waals surface area contributed by atoms with E-state index in [0.717, 1.165) is 23.0 Å². The molecule has 0 N–H and O–H groups in total. The summed E-state index contributed by atoms with van der Waals surface area (Å²) in [5.74, 6) is 0.946. The lowest BCUT2D eigenvalue weighted by Gasteiger charge is -2.35. The fraction of sp³-hybridized carbons (Fsp3) is 0.714. The lowest BCUT2D eigenvalue weighted by atomic mass is 9.92. The molecule has 1 aliphatic rings. The third-order valence-corrected chi connectivity index (χ3v) is 4.80. The van der Waals surface area contributed by atoms with E-state index in [1.807, 2.05) is 6.92 Å². The molecule has 0 saturated carbocycles. The van der Waals surface area contributed by atoms with Gasteiger partial charge in [-0.2, -0.15) is 0 Å². The Morgan fingerprint density at radius 3 is 2.55 bits per heavy atom. The van der Waals surface area contributed by atoms with Gasteiger partial charge in [0.2, 0.25) is 0 Å². The number of ether oxygens (including phenoxy) is 2. The van der Waals surface area contributed by atoms with Crippen molar-refractivity contribution in [3.05, 3.63) is 21.1 Å². The topological polar surface area (TPSA) is 44.2 Å². The first-order valence-corrected chi connectivity index (χ1v) is 8.12. The van der Waals surface area contributed by atoms with E-state index in [0.29, 0.717) is 30.8 Å². The first-order valence-electron chi connectivity index (χ1n) is 6.95. The summed E-state index contributed by atoms with van der Waals surface area (Å²) in [6, 6.07) is 0. The fourth-order valence-corrected chi connectivity index (χ4v) is 3.24. The van der Waals surface area contributed by atoms with Crippen LogP contribution in [0.4, 0.5) is 0 Å². The van der Waals surface area contributed by atoms with Gasteiger partial charge >= 0.3 is 0 Å². The first-order chi connectivity index (χ1) is 9.50. The summed E-state index contributed by atoms with van der Waals surface area (Å²) >= 11 is 9.73. The number of hydrogen-bond acceptors (Lipinski definition) is 4. The minimum Gasteiger partial charge on any atom is -0.381 e. The van der Waals surface area contributed by atoms with Gasteiger partial charge < -0.3 is 9.47 Å². The van der Waals surface area contributed by atoms with Crippen LogP contribution in [0.25, 0.3) is 0 Å². The van der Waals surface area contributed by atoms with Crippen LogP contribution in [-0.2, 0) is 15.1 Å². The second-order valence-electron chi connectivity index (χ2n) is 5.23. The smallest absolute Gasteiger partial charge is 0.162 e. The Bertz CT molecular complexity index is 471. The summed E-state index contributed by atoms with van der Waals surface area (Å²) < 4.78 is 12.2. The largest absolute Gasteiger partial charge is 0.381 e. The SMILES string of the molecule is CCOC1(c2nc(Cl)c(Br)c(C(C)C)n2)CCOCC1. The summed E-state index contributed by atoms with van der Waals surface area (Å²) in [5, 5.41) is 0.448. The van der Waals surface area contributed by atoms with Crippen molar-refractivity contribution in [3.8, 4) is 0 Å². The third kappa shape index (κ3) is 3.16. The summed E-state index contributed by atoms with van der Waals surface area (Å²) in [5.41, 5.74) is 0.451. The number of nitrogens with zero attached hydrogens (tertiary/aromatic N) is 2. The van der Waals surface area contributed by atoms with E-state index in [9.17, 15) is 0 Å². The molecule has 0 amide bonds. The fourth-order valence-electron chi connectivity index (χ4n) is 2.43. The molecular formula is C14H20BrClN2O2. The van der Waals surface area contributed by atoms with Crippen LogP contribution in [0.1, 0.15) is 51.0 Å². The second-order valence-corrected chi connectivity index (χ2v) is 6.38. The minimum absolute atomic E-state index is 0.266. The van der Waals surface area contributed by atoms with Crippen molar-refractivity contribution in [3.63, 3.8) is 0 Å². The molecule has 2 heterocycles. The molecule has 0 aromatic carbocycles. The molecule has 6 heteroatoms. The molecular weight excluding hydrogens is 344 g/mol. The average Bonchev–Trinajstić information content (AvgIpc) is 2.42. The molecule has 0 bridgehead atoms. The van der Waals surface area contributed by atoms with Crippen LogP contribution < -0.4 is 0 Å². The molecule has 1 aromatic rings. The van der Waals surface area contributed by atoms with E-state index in [1.54, 1.807) is 0 Å². The highest BCUT2D eigenvalue weighted by Gasteiger charge is 2.39. The predicted molar refractivity (Wildman–Crippen MR) is 82.2 cm³/mol. The zero-order valence-electron chi connectivity index (χ0n) is 12.1. The van der Waals surface area contributed by atoms with Gasteiger partial charge in [0.05, 0.1) is 10.2 Å². The number of aromatic nitrogens is 2. The van der Waals surface area contributed by atoms with Crippen LogP contribution in [0.3, 0.4) is 0 Å². The van der Waals surface area contributed by atoms with Gasteiger partial charge in [-0.25, -0.2) is 9.97 Å². The van der Waals surface area contributed by atoms with E-state index >= 15 is 0 Å². The van der Waals surface area contributed by atoms with Crippen LogP contribution in [0.15, 0.2) is 4.47 Å². The van der Waals surface area contributed by atoms with Crippen LogP contribution in [0.2, 0.25) is 5.15 Å². The molecule has 1 saturated heterocycles. The van der Waals surface area contributed by atoms with Gasteiger partial charge in [-0.05, 0) is 28.8 Å². The predicted octanol–water partition coefficient (Wildman–Crippen LogP) is 4.06. The van der Waals surface area contributed by atoms with Gasteiger partial charge in [0.1, 0.15) is 10.8 Å². The summed E-state index contributed by atoms with van der Waals surface area (Å²) in [6.07, 6.45) is 1.52. The molecule has 0 spiro atoms. The van der Waals surface area contributed by atoms with E-state index in [-0.39, 0.29) is 5.92 Å². The third-order valence-electron chi connectivity index (χ3n) is 3.51. The zero-order chi connectivity index (χ0) is 14.8. The minimum atomic E-state index is -0.471. The van der Waals surface area contributed by atoms with Gasteiger partial charge in [0.15, 0.2) is 5.82 Å². The molecule has 4 nitrogen and oxygen atoms in total. The van der Waals surface area contributed by atoms with Crippen molar-refractivity contribution in [1.82, 2.24) is 9.97 Å². The Morgan fingerprint density at radius 2 is 2.00 bits per heavy atom. The lowest BCUT2D eigenvalue weighted by Crippen LogP contribution is -2.38. The normalized spacial score (nSPS) is 18.5. The summed E-state index contributed by atoms with van der Waals surface area (Å²) in [6.45, 7) is 8.10. The maximum atomic E-state index is 6.26. The first kappa shape index (κ1) is 16.1. The van der Waals surface area contributed by atoms with Gasteiger partial charge in [0.25, 0.3) is 0 Å². The second kappa shape index (κ2) is 6.69. The number of hydrogen-bond donors (Lipinski definition) is 0. The number of halogens is 2. The van der Waals surface area contributed by atoms with Crippen LogP contribution in [-0.4, -0.2) is 29.8 Å². The van der Waals surface area contributed by atoms with E-state index in [2.05, 4.69) is 34.8 Å². The maximum absolute atomic E-state index is 6.26. The van der Waals surface area contributed by atoms with Crippen LogP contribution in [0.5, 0.6) is 0 Å². The highest BCUT2D eigenvalue weighted by Crippen LogP contribution is 2.37. The molecule has 0 aliphatic carbocycles. The Labute approximate surface area is 133 Å². The van der Waals surface area contributed by atoms with Crippen molar-refractivity contribution < 1.29 is 9.47 Å². The van der Waals surface area contributed by atoms with Crippen molar-refractivity contribution >= 4 is 27.5 Å². The Balaban J connectivity index is 2.48. The standard InChI is InChI=1S/C14H20BrClN2O2/c1-4-20-14(5-7-19-8-6-14)13-17-11(9(2)3)10(15)12(16)18-13/h9H,4-8H2,1-3H3. The summed E-state index contributed by atoms with van der Waals surface area (Å²) in [4.78, 5) is 9.18. The quantitative estimate of drug-likeness (QED) is 0.757. The Kier molecular flexibility index (Phi) is 5.40. The monoisotopic (exact) mass is 362 g/mol. The Hall–Kier alpha value is -0.230. The molecule has 1 aliphatic heterocycles. The van der Waals surface area contributed by atoms with Crippen LogP contribution >= 0.6 is 27.5 Å². The van der Waals surface area contributed by atoms with Gasteiger partial charge in [-0.15, -0.1) is 0 Å². The van der Waals surface area contributed by atoms with E-state index in [1.165, 1.54) is 0 Å². The Morgan fingerprint density at radius 1 is 1.35 bits per heavy atom. The van der Waals surface area contributed by atoms with Gasteiger partial charge in [-0.3, -0.25) is 0 Å². The van der Waals surface area contributed by atoms with Gasteiger partial charge in [0, 0.05) is 32.7 Å². The highest BCUT2D eigenvalue weighted by atomic mass is 79.9. The molecule has 1 fully saturated rings. The van der Waals surface area contributed by atoms with E-state index < -0.39 is 5.60 Å².